The Morgan fingerprint density at radius 1 is 1.32 bits per heavy atom. The third kappa shape index (κ3) is 2.74. The molecular formula is C16H20N4OS. The van der Waals surface area contributed by atoms with Crippen LogP contribution in [0.3, 0.4) is 0 Å². The van der Waals surface area contributed by atoms with Gasteiger partial charge in [-0.3, -0.25) is 9.82 Å². The standard InChI is InChI=1S/C16H20N4OS/c1-21-13-4-2-10(7-13)14-8-16(20-19-14)18-12-3-5-15-11(6-12)9-17-22-15/h3,5-6,8,10,13,17H,2,4,7,9H2,1H3,(H2,18,19,20). The van der Waals surface area contributed by atoms with Gasteiger partial charge in [-0.05, 0) is 55.0 Å². The monoisotopic (exact) mass is 316 g/mol. The van der Waals surface area contributed by atoms with Crippen LogP contribution in [0.25, 0.3) is 0 Å². The van der Waals surface area contributed by atoms with Crippen molar-refractivity contribution in [3.63, 3.8) is 0 Å². The fraction of sp³-hybridized carbons (Fsp3) is 0.438. The van der Waals surface area contributed by atoms with Crippen molar-refractivity contribution in [2.24, 2.45) is 0 Å². The highest BCUT2D eigenvalue weighted by atomic mass is 32.2. The van der Waals surface area contributed by atoms with Gasteiger partial charge in [-0.1, -0.05) is 0 Å². The summed E-state index contributed by atoms with van der Waals surface area (Å²) in [5, 5.41) is 11.0. The quantitative estimate of drug-likeness (QED) is 0.753. The van der Waals surface area contributed by atoms with Crippen molar-refractivity contribution in [2.75, 3.05) is 12.4 Å². The Hall–Kier alpha value is -1.50. The molecule has 1 aromatic heterocycles. The van der Waals surface area contributed by atoms with Crippen molar-refractivity contribution in [1.82, 2.24) is 14.9 Å². The SMILES string of the molecule is COC1CCC(c2cc(Nc3ccc4c(c3)CNS4)n[nH]2)C1. The highest BCUT2D eigenvalue weighted by Gasteiger charge is 2.27. The maximum Gasteiger partial charge on any atom is 0.152 e. The molecule has 1 saturated carbocycles. The van der Waals surface area contributed by atoms with Crippen molar-refractivity contribution in [3.8, 4) is 0 Å². The van der Waals surface area contributed by atoms with E-state index in [4.69, 9.17) is 4.74 Å². The molecule has 0 bridgehead atoms. The molecule has 0 saturated heterocycles. The maximum absolute atomic E-state index is 5.45. The van der Waals surface area contributed by atoms with Crippen LogP contribution in [0.4, 0.5) is 11.5 Å². The minimum Gasteiger partial charge on any atom is -0.381 e. The number of nitrogens with one attached hydrogen (secondary N) is 3. The van der Waals surface area contributed by atoms with E-state index < -0.39 is 0 Å². The third-order valence-corrected chi connectivity index (χ3v) is 5.44. The van der Waals surface area contributed by atoms with Crippen LogP contribution >= 0.6 is 11.9 Å². The van der Waals surface area contributed by atoms with Crippen LogP contribution in [0.15, 0.2) is 29.2 Å². The Kier molecular flexibility index (Phi) is 3.82. The van der Waals surface area contributed by atoms with E-state index in [2.05, 4.69) is 44.5 Å². The summed E-state index contributed by atoms with van der Waals surface area (Å²) < 4.78 is 8.73. The van der Waals surface area contributed by atoms with Crippen molar-refractivity contribution >= 4 is 23.5 Å². The summed E-state index contributed by atoms with van der Waals surface area (Å²) >= 11 is 1.69. The van der Waals surface area contributed by atoms with Gasteiger partial charge in [0.25, 0.3) is 0 Å². The Balaban J connectivity index is 1.46. The second-order valence-electron chi connectivity index (χ2n) is 5.95. The fourth-order valence-electron chi connectivity index (χ4n) is 3.28. The van der Waals surface area contributed by atoms with Crippen molar-refractivity contribution in [3.05, 3.63) is 35.5 Å². The Morgan fingerprint density at radius 3 is 3.14 bits per heavy atom. The lowest BCUT2D eigenvalue weighted by Gasteiger charge is -2.07. The normalized spacial score (nSPS) is 23.7. The van der Waals surface area contributed by atoms with E-state index in [1.54, 1.807) is 19.1 Å². The molecule has 4 rings (SSSR count). The van der Waals surface area contributed by atoms with Crippen LogP contribution in [-0.2, 0) is 11.3 Å². The molecule has 1 aliphatic heterocycles. The van der Waals surface area contributed by atoms with Crippen molar-refractivity contribution in [1.29, 1.82) is 0 Å². The molecule has 2 unspecified atom stereocenters. The van der Waals surface area contributed by atoms with Crippen LogP contribution in [0.5, 0.6) is 0 Å². The first kappa shape index (κ1) is 14.1. The maximum atomic E-state index is 5.45. The molecule has 0 radical (unpaired) electrons. The number of methoxy groups -OCH3 is 1. The van der Waals surface area contributed by atoms with Gasteiger partial charge in [-0.2, -0.15) is 5.10 Å². The van der Waals surface area contributed by atoms with Crippen LogP contribution in [0.2, 0.25) is 0 Å². The number of rotatable bonds is 4. The van der Waals surface area contributed by atoms with E-state index >= 15 is 0 Å². The molecule has 0 amide bonds. The number of anilines is 2. The zero-order valence-corrected chi connectivity index (χ0v) is 13.4. The third-order valence-electron chi connectivity index (χ3n) is 4.53. The molecule has 116 valence electrons. The first-order valence-corrected chi connectivity index (χ1v) is 8.51. The topological polar surface area (TPSA) is 62.0 Å². The first-order chi connectivity index (χ1) is 10.8. The number of hydrogen-bond donors (Lipinski definition) is 3. The lowest BCUT2D eigenvalue weighted by atomic mass is 10.0. The smallest absolute Gasteiger partial charge is 0.152 e. The highest BCUT2D eigenvalue weighted by molar-refractivity contribution is 7.97. The summed E-state index contributed by atoms with van der Waals surface area (Å²) in [5.74, 6) is 1.42. The second kappa shape index (κ2) is 5.95. The van der Waals surface area contributed by atoms with Gasteiger partial charge in [0.05, 0.1) is 6.10 Å². The lowest BCUT2D eigenvalue weighted by molar-refractivity contribution is 0.108. The average Bonchev–Trinajstić information content (AvgIpc) is 3.26. The molecule has 1 aromatic carbocycles. The largest absolute Gasteiger partial charge is 0.381 e. The Labute approximate surface area is 134 Å². The van der Waals surface area contributed by atoms with Crippen LogP contribution in [0, 0.1) is 0 Å². The summed E-state index contributed by atoms with van der Waals surface area (Å²) in [6.45, 7) is 0.918. The molecule has 1 aliphatic carbocycles. The summed E-state index contributed by atoms with van der Waals surface area (Å²) in [6, 6.07) is 8.57. The minimum absolute atomic E-state index is 0.395. The number of aromatic amines is 1. The van der Waals surface area contributed by atoms with Gasteiger partial charge in [0, 0.05) is 41.9 Å². The lowest BCUT2D eigenvalue weighted by Crippen LogP contribution is -2.04. The average molecular weight is 316 g/mol. The Bertz CT molecular complexity index is 672. The molecule has 5 nitrogen and oxygen atoms in total. The van der Waals surface area contributed by atoms with Crippen molar-refractivity contribution < 1.29 is 4.74 Å². The summed E-state index contributed by atoms with van der Waals surface area (Å²) in [7, 11) is 1.80. The molecule has 6 heteroatoms. The van der Waals surface area contributed by atoms with E-state index in [0.29, 0.717) is 12.0 Å². The van der Waals surface area contributed by atoms with Gasteiger partial charge in [-0.15, -0.1) is 0 Å². The molecule has 1 fully saturated rings. The Morgan fingerprint density at radius 2 is 2.27 bits per heavy atom. The van der Waals surface area contributed by atoms with E-state index in [0.717, 1.165) is 30.9 Å². The van der Waals surface area contributed by atoms with Crippen LogP contribution in [0.1, 0.15) is 36.4 Å². The van der Waals surface area contributed by atoms with E-state index in [1.165, 1.54) is 22.6 Å². The molecule has 22 heavy (non-hydrogen) atoms. The van der Waals surface area contributed by atoms with E-state index in [-0.39, 0.29) is 0 Å². The zero-order chi connectivity index (χ0) is 14.9. The van der Waals surface area contributed by atoms with Gasteiger partial charge in [0.2, 0.25) is 0 Å². The van der Waals surface area contributed by atoms with Gasteiger partial charge in [0.1, 0.15) is 0 Å². The molecule has 2 heterocycles. The van der Waals surface area contributed by atoms with E-state index in [9.17, 15) is 0 Å². The van der Waals surface area contributed by atoms with Crippen LogP contribution < -0.4 is 10.0 Å². The molecule has 2 aliphatic rings. The summed E-state index contributed by atoms with van der Waals surface area (Å²) in [6.07, 6.45) is 3.78. The number of aromatic nitrogens is 2. The van der Waals surface area contributed by atoms with Gasteiger partial charge >= 0.3 is 0 Å². The van der Waals surface area contributed by atoms with E-state index in [1.807, 2.05) is 0 Å². The number of benzene rings is 1. The molecule has 2 atom stereocenters. The first-order valence-electron chi connectivity index (χ1n) is 7.69. The molecular weight excluding hydrogens is 296 g/mol. The number of ether oxygens (including phenoxy) is 1. The summed E-state index contributed by atoms with van der Waals surface area (Å²) in [5.41, 5.74) is 3.63. The predicted octanol–water partition coefficient (Wildman–Crippen LogP) is 3.55. The van der Waals surface area contributed by atoms with Gasteiger partial charge in [0.15, 0.2) is 5.82 Å². The zero-order valence-electron chi connectivity index (χ0n) is 12.6. The number of hydrogen-bond acceptors (Lipinski definition) is 5. The van der Waals surface area contributed by atoms with Gasteiger partial charge in [-0.25, -0.2) is 0 Å². The van der Waals surface area contributed by atoms with Crippen molar-refractivity contribution in [2.45, 2.75) is 42.7 Å². The number of fused-ring (bicyclic) bond motifs is 1. The molecule has 2 aromatic rings. The summed E-state index contributed by atoms with van der Waals surface area (Å²) in [4.78, 5) is 1.31. The molecule has 0 spiro atoms. The number of nitrogens with zero attached hydrogens (tertiary/aromatic N) is 1. The fourth-order valence-corrected chi connectivity index (χ4v) is 4.06. The number of H-pyrrole nitrogens is 1. The molecule has 3 N–H and O–H groups in total. The minimum atomic E-state index is 0.395. The van der Waals surface area contributed by atoms with Crippen LogP contribution in [-0.4, -0.2) is 23.4 Å². The highest BCUT2D eigenvalue weighted by Crippen LogP contribution is 2.36. The predicted molar refractivity (Wildman–Crippen MR) is 88.4 cm³/mol. The van der Waals surface area contributed by atoms with Gasteiger partial charge < -0.3 is 10.1 Å². The second-order valence-corrected chi connectivity index (χ2v) is 6.88.